The summed E-state index contributed by atoms with van der Waals surface area (Å²) in [6.07, 6.45) is 7.16. The van der Waals surface area contributed by atoms with Gasteiger partial charge in [0.25, 0.3) is 0 Å². The Kier molecular flexibility index (Phi) is 9.19. The third kappa shape index (κ3) is 7.55. The molecule has 3 aliphatic rings. The Balaban J connectivity index is 1.12. The van der Waals surface area contributed by atoms with Crippen LogP contribution in [0.1, 0.15) is 97.4 Å². The van der Waals surface area contributed by atoms with E-state index in [9.17, 15) is 9.59 Å². The molecule has 7 rings (SSSR count). The fourth-order valence-corrected chi connectivity index (χ4v) is 6.97. The van der Waals surface area contributed by atoms with Gasteiger partial charge in [0.2, 0.25) is 0 Å². The number of rotatable bonds is 4. The SMILES string of the molecule is CC(C)(C)OC(=O)N1CCC[C@H]1c1ncc(-c2ccc3c(c2)OCCCOc2cc(-c4cnc([C@@H]5CCCN5C(=O)OC(C)(C)C)[nH]4)ccc2-3)[nH]1. The third-order valence-electron chi connectivity index (χ3n) is 9.26. The Morgan fingerprint density at radius 3 is 1.53 bits per heavy atom. The first kappa shape index (κ1) is 34.4. The predicted octanol–water partition coefficient (Wildman–Crippen LogP) is 8.44. The van der Waals surface area contributed by atoms with Crippen LogP contribution in [0.15, 0.2) is 48.8 Å². The van der Waals surface area contributed by atoms with Crippen molar-refractivity contribution < 1.29 is 28.5 Å². The molecule has 2 aromatic heterocycles. The van der Waals surface area contributed by atoms with Crippen molar-refractivity contribution in [2.45, 2.75) is 96.9 Å². The third-order valence-corrected chi connectivity index (χ3v) is 9.26. The fraction of sp³-hybridized carbons (Fsp3) is 0.487. The van der Waals surface area contributed by atoms with Crippen molar-refractivity contribution in [2.24, 2.45) is 0 Å². The highest BCUT2D eigenvalue weighted by Gasteiger charge is 2.36. The Labute approximate surface area is 298 Å². The van der Waals surface area contributed by atoms with Crippen molar-refractivity contribution in [2.75, 3.05) is 26.3 Å². The van der Waals surface area contributed by atoms with Gasteiger partial charge in [-0.15, -0.1) is 0 Å². The van der Waals surface area contributed by atoms with Gasteiger partial charge in [-0.05, 0) is 91.5 Å². The van der Waals surface area contributed by atoms with E-state index in [0.717, 1.165) is 88.9 Å². The van der Waals surface area contributed by atoms with Crippen LogP contribution in [-0.4, -0.2) is 79.4 Å². The first-order chi connectivity index (χ1) is 24.3. The second kappa shape index (κ2) is 13.6. The lowest BCUT2D eigenvalue weighted by Gasteiger charge is -2.27. The summed E-state index contributed by atoms with van der Waals surface area (Å²) in [5.74, 6) is 3.01. The van der Waals surface area contributed by atoms with E-state index < -0.39 is 11.2 Å². The number of carbonyl (C=O) groups is 2. The fourth-order valence-electron chi connectivity index (χ4n) is 6.97. The number of aromatic nitrogens is 4. The molecule has 3 aliphatic heterocycles. The molecule has 2 fully saturated rings. The van der Waals surface area contributed by atoms with E-state index in [2.05, 4.69) is 34.2 Å². The molecule has 2 atom stereocenters. The Morgan fingerprint density at radius 1 is 0.686 bits per heavy atom. The van der Waals surface area contributed by atoms with Crippen LogP contribution >= 0.6 is 0 Å². The molecule has 2 amide bonds. The van der Waals surface area contributed by atoms with E-state index in [1.54, 1.807) is 9.80 Å². The van der Waals surface area contributed by atoms with Crippen molar-refractivity contribution in [1.29, 1.82) is 0 Å². The minimum absolute atomic E-state index is 0.163. The number of H-pyrrole nitrogens is 2. The normalized spacial score (nSPS) is 19.3. The Hall–Kier alpha value is -5.00. The molecule has 12 nitrogen and oxygen atoms in total. The molecule has 0 aliphatic carbocycles. The zero-order valence-electron chi connectivity index (χ0n) is 30.4. The Morgan fingerprint density at radius 2 is 1.12 bits per heavy atom. The van der Waals surface area contributed by atoms with Gasteiger partial charge in [-0.2, -0.15) is 0 Å². The monoisotopic (exact) mass is 696 g/mol. The number of aromatic amines is 2. The van der Waals surface area contributed by atoms with Crippen LogP contribution in [-0.2, 0) is 9.47 Å². The summed E-state index contributed by atoms with van der Waals surface area (Å²) in [7, 11) is 0. The molecule has 270 valence electrons. The number of fused-ring (bicyclic) bond motifs is 3. The van der Waals surface area contributed by atoms with Gasteiger partial charge in [0.15, 0.2) is 0 Å². The molecular weight excluding hydrogens is 648 g/mol. The number of hydrogen-bond acceptors (Lipinski definition) is 8. The van der Waals surface area contributed by atoms with E-state index in [1.807, 2.05) is 66.1 Å². The maximum Gasteiger partial charge on any atom is 0.410 e. The lowest BCUT2D eigenvalue weighted by atomic mass is 9.98. The number of imidazole rings is 2. The van der Waals surface area contributed by atoms with Crippen LogP contribution in [0.2, 0.25) is 0 Å². The summed E-state index contributed by atoms with van der Waals surface area (Å²) >= 11 is 0. The van der Waals surface area contributed by atoms with Crippen molar-refractivity contribution in [3.05, 3.63) is 60.4 Å². The summed E-state index contributed by atoms with van der Waals surface area (Å²) in [5.41, 5.74) is 4.30. The molecule has 2 aromatic carbocycles. The standard InChI is InChI=1S/C39H48N6O6/c1-38(2,3)50-36(46)44-16-7-10-30(44)34-40-22-28(42-34)24-12-14-26-27-15-13-25(21-33(27)49-19-9-18-48-32(26)20-24)29-23-41-35(43-29)31-11-8-17-45(31)37(47)51-39(4,5)6/h12-15,20-23,30-31H,7-11,16-19H2,1-6H3,(H,40,42)(H,41,43)/t30-,31-/m0/s1. The van der Waals surface area contributed by atoms with Gasteiger partial charge in [0, 0.05) is 41.8 Å². The molecule has 2 saturated heterocycles. The number of amides is 2. The molecule has 2 N–H and O–H groups in total. The first-order valence-corrected chi connectivity index (χ1v) is 18.0. The lowest BCUT2D eigenvalue weighted by Crippen LogP contribution is -2.36. The molecule has 0 spiro atoms. The Bertz CT molecular complexity index is 1770. The van der Waals surface area contributed by atoms with Crippen LogP contribution in [0.4, 0.5) is 9.59 Å². The maximum absolute atomic E-state index is 12.9. The summed E-state index contributed by atoms with van der Waals surface area (Å²) in [6, 6.07) is 12.0. The number of nitrogens with zero attached hydrogens (tertiary/aromatic N) is 4. The average Bonchev–Trinajstić information content (AvgIpc) is 3.88. The number of ether oxygens (including phenoxy) is 4. The number of likely N-dealkylation sites (tertiary alicyclic amines) is 2. The van der Waals surface area contributed by atoms with Gasteiger partial charge in [0.1, 0.15) is 34.3 Å². The van der Waals surface area contributed by atoms with E-state index in [4.69, 9.17) is 28.9 Å². The molecule has 5 heterocycles. The highest BCUT2D eigenvalue weighted by atomic mass is 16.6. The molecular formula is C39H48N6O6. The molecule has 51 heavy (non-hydrogen) atoms. The van der Waals surface area contributed by atoms with Gasteiger partial charge < -0.3 is 28.9 Å². The van der Waals surface area contributed by atoms with Crippen LogP contribution in [0.25, 0.3) is 33.6 Å². The summed E-state index contributed by atoms with van der Waals surface area (Å²) < 4.78 is 24.0. The first-order valence-electron chi connectivity index (χ1n) is 18.0. The van der Waals surface area contributed by atoms with E-state index >= 15 is 0 Å². The molecule has 0 bridgehead atoms. The summed E-state index contributed by atoms with van der Waals surface area (Å²) in [4.78, 5) is 45.7. The van der Waals surface area contributed by atoms with Crippen LogP contribution in [0, 0.1) is 0 Å². The smallest absolute Gasteiger partial charge is 0.410 e. The van der Waals surface area contributed by atoms with E-state index in [0.29, 0.717) is 26.3 Å². The maximum atomic E-state index is 12.9. The van der Waals surface area contributed by atoms with Crippen molar-refractivity contribution in [3.63, 3.8) is 0 Å². The highest BCUT2D eigenvalue weighted by Crippen LogP contribution is 2.42. The van der Waals surface area contributed by atoms with Gasteiger partial charge >= 0.3 is 12.2 Å². The number of benzene rings is 2. The predicted molar refractivity (Wildman–Crippen MR) is 192 cm³/mol. The van der Waals surface area contributed by atoms with Gasteiger partial charge in [-0.25, -0.2) is 19.6 Å². The van der Waals surface area contributed by atoms with Crippen molar-refractivity contribution >= 4 is 12.2 Å². The van der Waals surface area contributed by atoms with Crippen LogP contribution < -0.4 is 9.47 Å². The zero-order valence-corrected chi connectivity index (χ0v) is 30.4. The zero-order chi connectivity index (χ0) is 35.9. The largest absolute Gasteiger partial charge is 0.493 e. The second-order valence-corrected chi connectivity index (χ2v) is 15.5. The highest BCUT2D eigenvalue weighted by molar-refractivity contribution is 5.81. The average molecular weight is 697 g/mol. The van der Waals surface area contributed by atoms with Gasteiger partial charge in [-0.1, -0.05) is 12.1 Å². The topological polar surface area (TPSA) is 135 Å². The van der Waals surface area contributed by atoms with E-state index in [-0.39, 0.29) is 24.3 Å². The molecule has 12 heteroatoms. The number of hydrogen-bond donors (Lipinski definition) is 2. The van der Waals surface area contributed by atoms with E-state index in [1.165, 1.54) is 0 Å². The van der Waals surface area contributed by atoms with Crippen molar-refractivity contribution in [1.82, 2.24) is 29.7 Å². The second-order valence-electron chi connectivity index (χ2n) is 15.5. The van der Waals surface area contributed by atoms with Gasteiger partial charge in [-0.3, -0.25) is 9.80 Å². The molecule has 0 saturated carbocycles. The number of carbonyl (C=O) groups excluding carboxylic acids is 2. The summed E-state index contributed by atoms with van der Waals surface area (Å²) in [6.45, 7) is 13.6. The lowest BCUT2D eigenvalue weighted by molar-refractivity contribution is 0.0208. The quantitative estimate of drug-likeness (QED) is 0.217. The van der Waals surface area contributed by atoms with Crippen molar-refractivity contribution in [3.8, 4) is 45.1 Å². The molecule has 0 unspecified atom stereocenters. The molecule has 4 aromatic rings. The van der Waals surface area contributed by atoms with Crippen LogP contribution in [0.3, 0.4) is 0 Å². The number of nitrogens with one attached hydrogen (secondary N) is 2. The van der Waals surface area contributed by atoms with Crippen LogP contribution in [0.5, 0.6) is 11.5 Å². The van der Waals surface area contributed by atoms with Gasteiger partial charge in [0.05, 0.1) is 49.1 Å². The minimum Gasteiger partial charge on any atom is -0.493 e. The summed E-state index contributed by atoms with van der Waals surface area (Å²) in [5, 5.41) is 0. The molecule has 0 radical (unpaired) electrons. The minimum atomic E-state index is -0.561.